The molecule has 1 aromatic heterocycles. The molecule has 98 valence electrons. The highest BCUT2D eigenvalue weighted by molar-refractivity contribution is 9.10. The Morgan fingerprint density at radius 1 is 1.67 bits per heavy atom. The van der Waals surface area contributed by atoms with E-state index in [-0.39, 0.29) is 24.5 Å². The number of pyridine rings is 1. The van der Waals surface area contributed by atoms with Crippen molar-refractivity contribution in [2.75, 3.05) is 25.1 Å². The maximum atomic E-state index is 11.1. The molecule has 7 heteroatoms. The van der Waals surface area contributed by atoms with Gasteiger partial charge in [0.2, 0.25) is 0 Å². The van der Waals surface area contributed by atoms with Gasteiger partial charge in [-0.25, -0.2) is 9.78 Å². The van der Waals surface area contributed by atoms with E-state index in [4.69, 9.17) is 9.84 Å². The lowest BCUT2D eigenvalue weighted by Gasteiger charge is -2.21. The molecule has 1 aliphatic heterocycles. The zero-order valence-electron chi connectivity index (χ0n) is 9.52. The summed E-state index contributed by atoms with van der Waals surface area (Å²) in [5.74, 6) is -0.827. The van der Waals surface area contributed by atoms with Crippen LogP contribution >= 0.6 is 15.9 Å². The van der Waals surface area contributed by atoms with Gasteiger partial charge in [-0.1, -0.05) is 0 Å². The smallest absolute Gasteiger partial charge is 0.339 e. The number of halogens is 1. The molecule has 0 spiro atoms. The summed E-state index contributed by atoms with van der Waals surface area (Å²) in [6, 6.07) is 1.47. The van der Waals surface area contributed by atoms with Crippen LogP contribution in [-0.4, -0.2) is 46.5 Å². The molecule has 0 radical (unpaired) electrons. The second-order valence-electron chi connectivity index (χ2n) is 4.24. The molecule has 1 atom stereocenters. The molecule has 6 nitrogen and oxygen atoms in total. The predicted molar refractivity (Wildman–Crippen MR) is 67.8 cm³/mol. The van der Waals surface area contributed by atoms with E-state index in [1.54, 1.807) is 0 Å². The van der Waals surface area contributed by atoms with Crippen molar-refractivity contribution in [2.45, 2.75) is 12.0 Å². The molecule has 0 saturated carbocycles. The first kappa shape index (κ1) is 13.3. The Bertz CT molecular complexity index is 460. The van der Waals surface area contributed by atoms with Crippen molar-refractivity contribution >= 4 is 27.7 Å². The maximum absolute atomic E-state index is 11.1. The number of hydrogen-bond acceptors (Lipinski definition) is 5. The molecule has 0 aromatic carbocycles. The molecular weight excluding hydrogens is 304 g/mol. The van der Waals surface area contributed by atoms with Gasteiger partial charge in [0.15, 0.2) is 0 Å². The zero-order valence-corrected chi connectivity index (χ0v) is 11.1. The normalized spacial score (nSPS) is 23.0. The Hall–Kier alpha value is -1.18. The fourth-order valence-corrected chi connectivity index (χ4v) is 2.06. The van der Waals surface area contributed by atoms with E-state index in [9.17, 15) is 9.90 Å². The van der Waals surface area contributed by atoms with Gasteiger partial charge >= 0.3 is 5.97 Å². The summed E-state index contributed by atoms with van der Waals surface area (Å²) in [6.07, 6.45) is 2.03. The van der Waals surface area contributed by atoms with Crippen molar-refractivity contribution in [2.24, 2.45) is 0 Å². The third-order valence-electron chi connectivity index (χ3n) is 2.75. The Balaban J connectivity index is 2.11. The van der Waals surface area contributed by atoms with Crippen LogP contribution in [0.2, 0.25) is 0 Å². The topological polar surface area (TPSA) is 91.7 Å². The van der Waals surface area contributed by atoms with Crippen LogP contribution in [0.5, 0.6) is 0 Å². The van der Waals surface area contributed by atoms with E-state index in [1.165, 1.54) is 12.3 Å². The highest BCUT2D eigenvalue weighted by atomic mass is 79.9. The molecule has 1 fully saturated rings. The van der Waals surface area contributed by atoms with Crippen molar-refractivity contribution < 1.29 is 19.7 Å². The van der Waals surface area contributed by atoms with Gasteiger partial charge in [0.25, 0.3) is 0 Å². The Morgan fingerprint density at radius 3 is 3.06 bits per heavy atom. The molecule has 2 heterocycles. The molecule has 1 unspecified atom stereocenters. The van der Waals surface area contributed by atoms with Gasteiger partial charge in [-0.05, 0) is 22.0 Å². The van der Waals surface area contributed by atoms with Crippen LogP contribution in [0.25, 0.3) is 0 Å². The summed E-state index contributed by atoms with van der Waals surface area (Å²) in [5, 5.41) is 22.0. The first-order valence-electron chi connectivity index (χ1n) is 5.43. The van der Waals surface area contributed by atoms with Crippen LogP contribution in [0.1, 0.15) is 16.8 Å². The molecular formula is C11H13BrN2O4. The number of ether oxygens (including phenoxy) is 1. The van der Waals surface area contributed by atoms with E-state index in [0.29, 0.717) is 17.5 Å². The SMILES string of the molecule is O=C(O)c1cc(Br)cnc1NCC1(O)CCOC1. The average molecular weight is 317 g/mol. The largest absolute Gasteiger partial charge is 0.478 e. The summed E-state index contributed by atoms with van der Waals surface area (Å²) in [5.41, 5.74) is -0.892. The number of rotatable bonds is 4. The van der Waals surface area contributed by atoms with Gasteiger partial charge in [0, 0.05) is 30.2 Å². The number of nitrogens with one attached hydrogen (secondary N) is 1. The van der Waals surface area contributed by atoms with Crippen molar-refractivity contribution in [3.8, 4) is 0 Å². The number of nitrogens with zero attached hydrogens (tertiary/aromatic N) is 1. The second-order valence-corrected chi connectivity index (χ2v) is 5.15. The van der Waals surface area contributed by atoms with E-state index >= 15 is 0 Å². The standard InChI is InChI=1S/C11H13BrN2O4/c12-7-3-8(10(15)16)9(13-4-7)14-5-11(17)1-2-18-6-11/h3-4,17H,1-2,5-6H2,(H,13,14)(H,15,16). The lowest BCUT2D eigenvalue weighted by Crippen LogP contribution is -2.37. The fourth-order valence-electron chi connectivity index (χ4n) is 1.73. The van der Waals surface area contributed by atoms with Gasteiger partial charge < -0.3 is 20.3 Å². The molecule has 18 heavy (non-hydrogen) atoms. The van der Waals surface area contributed by atoms with Crippen LogP contribution in [0.4, 0.5) is 5.82 Å². The fraction of sp³-hybridized carbons (Fsp3) is 0.455. The molecule has 1 saturated heterocycles. The molecule has 0 aliphatic carbocycles. The summed E-state index contributed by atoms with van der Waals surface area (Å²) >= 11 is 3.17. The Morgan fingerprint density at radius 2 is 2.44 bits per heavy atom. The van der Waals surface area contributed by atoms with Crippen LogP contribution in [0.15, 0.2) is 16.7 Å². The highest BCUT2D eigenvalue weighted by Gasteiger charge is 2.32. The molecule has 3 N–H and O–H groups in total. The molecule has 2 rings (SSSR count). The minimum atomic E-state index is -1.07. The summed E-state index contributed by atoms with van der Waals surface area (Å²) in [4.78, 5) is 15.1. The third-order valence-corrected chi connectivity index (χ3v) is 3.19. The second kappa shape index (κ2) is 5.21. The van der Waals surface area contributed by atoms with Crippen molar-refractivity contribution in [1.82, 2.24) is 4.98 Å². The molecule has 0 amide bonds. The minimum Gasteiger partial charge on any atom is -0.478 e. The average Bonchev–Trinajstić information content (AvgIpc) is 2.75. The number of carboxylic acids is 1. The van der Waals surface area contributed by atoms with Crippen LogP contribution in [-0.2, 0) is 4.74 Å². The first-order valence-corrected chi connectivity index (χ1v) is 6.22. The van der Waals surface area contributed by atoms with Gasteiger partial charge in [0.05, 0.1) is 6.61 Å². The molecule has 1 aromatic rings. The van der Waals surface area contributed by atoms with Crippen LogP contribution in [0.3, 0.4) is 0 Å². The van der Waals surface area contributed by atoms with Crippen molar-refractivity contribution in [3.63, 3.8) is 0 Å². The number of aliphatic hydroxyl groups is 1. The van der Waals surface area contributed by atoms with Crippen molar-refractivity contribution in [3.05, 3.63) is 22.3 Å². The first-order chi connectivity index (χ1) is 8.50. The van der Waals surface area contributed by atoms with E-state index in [0.717, 1.165) is 0 Å². The van der Waals surface area contributed by atoms with Gasteiger partial charge in [-0.3, -0.25) is 0 Å². The van der Waals surface area contributed by atoms with E-state index in [1.807, 2.05) is 0 Å². The van der Waals surface area contributed by atoms with Crippen molar-refractivity contribution in [1.29, 1.82) is 0 Å². The predicted octanol–water partition coefficient (Wildman–Crippen LogP) is 1.11. The summed E-state index contributed by atoms with van der Waals surface area (Å²) in [6.45, 7) is 0.971. The number of carbonyl (C=O) groups is 1. The summed E-state index contributed by atoms with van der Waals surface area (Å²) < 4.78 is 5.70. The lowest BCUT2D eigenvalue weighted by molar-refractivity contribution is 0.0380. The van der Waals surface area contributed by atoms with Gasteiger partial charge in [-0.15, -0.1) is 0 Å². The van der Waals surface area contributed by atoms with E-state index in [2.05, 4.69) is 26.2 Å². The summed E-state index contributed by atoms with van der Waals surface area (Å²) in [7, 11) is 0. The highest BCUT2D eigenvalue weighted by Crippen LogP contribution is 2.22. The van der Waals surface area contributed by atoms with Crippen LogP contribution in [0, 0.1) is 0 Å². The number of anilines is 1. The van der Waals surface area contributed by atoms with Crippen LogP contribution < -0.4 is 5.32 Å². The monoisotopic (exact) mass is 316 g/mol. The molecule has 0 bridgehead atoms. The molecule has 1 aliphatic rings. The Labute approximate surface area is 112 Å². The minimum absolute atomic E-state index is 0.0619. The van der Waals surface area contributed by atoms with Gasteiger partial charge in [0.1, 0.15) is 17.0 Å². The quantitative estimate of drug-likeness (QED) is 0.770. The lowest BCUT2D eigenvalue weighted by atomic mass is 10.0. The maximum Gasteiger partial charge on any atom is 0.339 e. The third kappa shape index (κ3) is 2.98. The number of carboxylic acid groups (broad SMARTS) is 1. The number of hydrogen-bond donors (Lipinski definition) is 3. The van der Waals surface area contributed by atoms with E-state index < -0.39 is 11.6 Å². The Kier molecular flexibility index (Phi) is 3.84. The van der Waals surface area contributed by atoms with Gasteiger partial charge in [-0.2, -0.15) is 0 Å². The number of aromatic nitrogens is 1. The zero-order chi connectivity index (χ0) is 13.2. The number of aromatic carboxylic acids is 1.